The summed E-state index contributed by atoms with van der Waals surface area (Å²) in [7, 11) is 0. The van der Waals surface area contributed by atoms with Crippen LogP contribution >= 0.6 is 0 Å². The maximum Gasteiger partial charge on any atom is 0.336 e. The quantitative estimate of drug-likeness (QED) is 0.231. The van der Waals surface area contributed by atoms with Crippen molar-refractivity contribution in [1.82, 2.24) is 4.90 Å². The van der Waals surface area contributed by atoms with Crippen LogP contribution in [0.3, 0.4) is 0 Å². The van der Waals surface area contributed by atoms with Gasteiger partial charge in [-0.2, -0.15) is 0 Å². The van der Waals surface area contributed by atoms with Crippen LogP contribution in [0.4, 0.5) is 10.5 Å². The summed E-state index contributed by atoms with van der Waals surface area (Å²) in [6.07, 6.45) is 9.52. The monoisotopic (exact) mass is 538 g/mol. The second-order valence-electron chi connectivity index (χ2n) is 10.7. The van der Waals surface area contributed by atoms with E-state index >= 15 is 0 Å². The zero-order valence-electron chi connectivity index (χ0n) is 23.9. The minimum absolute atomic E-state index is 0.0323. The van der Waals surface area contributed by atoms with Gasteiger partial charge in [0, 0.05) is 18.8 Å². The number of amides is 2. The Morgan fingerprint density at radius 2 is 1.64 bits per heavy atom. The topological polar surface area (TPSA) is 88.1 Å². The number of rotatable bonds is 15. The third-order valence-electron chi connectivity index (χ3n) is 7.55. The number of nitrogens with zero attached hydrogens (tertiary/aromatic N) is 1. The SMILES string of the molecule is CCCCCCCN(CCO[C@H]1CCC[C@@H](OCc2cccc(C)c2C(=O)O)C1)C(=O)Nc1ccccc1C. The van der Waals surface area contributed by atoms with E-state index in [2.05, 4.69) is 12.2 Å². The van der Waals surface area contributed by atoms with E-state index in [9.17, 15) is 14.7 Å². The van der Waals surface area contributed by atoms with E-state index in [0.29, 0.717) is 30.8 Å². The summed E-state index contributed by atoms with van der Waals surface area (Å²) in [5.74, 6) is -0.919. The molecular weight excluding hydrogens is 492 g/mol. The molecule has 214 valence electrons. The van der Waals surface area contributed by atoms with E-state index in [1.807, 2.05) is 61.2 Å². The number of urea groups is 1. The summed E-state index contributed by atoms with van der Waals surface area (Å²) >= 11 is 0. The number of carbonyl (C=O) groups is 2. The molecule has 2 N–H and O–H groups in total. The fraction of sp³-hybridized carbons (Fsp3) is 0.562. The van der Waals surface area contributed by atoms with Crippen LogP contribution in [0.5, 0.6) is 0 Å². The number of unbranched alkanes of at least 4 members (excludes halogenated alkanes) is 4. The van der Waals surface area contributed by atoms with E-state index in [-0.39, 0.29) is 24.8 Å². The molecule has 1 aliphatic carbocycles. The van der Waals surface area contributed by atoms with Crippen molar-refractivity contribution in [2.24, 2.45) is 0 Å². The molecule has 0 spiro atoms. The molecule has 2 aromatic rings. The second-order valence-corrected chi connectivity index (χ2v) is 10.7. The fourth-order valence-electron chi connectivity index (χ4n) is 5.23. The Labute approximate surface area is 233 Å². The third kappa shape index (κ3) is 9.97. The maximum absolute atomic E-state index is 13.1. The number of para-hydroxylation sites is 1. The number of aryl methyl sites for hydroxylation is 2. The molecule has 0 unspecified atom stereocenters. The predicted octanol–water partition coefficient (Wildman–Crippen LogP) is 7.35. The molecule has 1 aliphatic rings. The summed E-state index contributed by atoms with van der Waals surface area (Å²) in [5, 5.41) is 12.7. The van der Waals surface area contributed by atoms with E-state index in [4.69, 9.17) is 9.47 Å². The molecule has 0 aromatic heterocycles. The average Bonchev–Trinajstić information content (AvgIpc) is 2.92. The molecule has 0 aliphatic heterocycles. The van der Waals surface area contributed by atoms with Gasteiger partial charge < -0.3 is 24.8 Å². The van der Waals surface area contributed by atoms with Gasteiger partial charge in [-0.05, 0) is 68.7 Å². The van der Waals surface area contributed by atoms with Crippen LogP contribution in [-0.2, 0) is 16.1 Å². The number of benzene rings is 2. The standard InChI is InChI=1S/C32H46N2O5/c1-4-5-6-7-10-19-34(32(37)33-29-18-9-8-13-24(29)2)20-21-38-27-16-12-17-28(22-27)39-23-26-15-11-14-25(3)30(26)31(35)36/h8-9,11,13-15,18,27-28H,4-7,10,12,16-17,19-23H2,1-3H3,(H,33,37)(H,35,36)/t27-,28+/m0/s1. The summed E-state index contributed by atoms with van der Waals surface area (Å²) in [6.45, 7) is 8.03. The lowest BCUT2D eigenvalue weighted by atomic mass is 9.94. The zero-order valence-corrected chi connectivity index (χ0v) is 23.9. The number of carboxylic acid groups (broad SMARTS) is 1. The van der Waals surface area contributed by atoms with Crippen molar-refractivity contribution in [2.45, 2.75) is 97.4 Å². The van der Waals surface area contributed by atoms with Crippen LogP contribution in [0.15, 0.2) is 42.5 Å². The lowest BCUT2D eigenvalue weighted by Gasteiger charge is -2.30. The first kappa shape index (κ1) is 30.6. The first-order valence-corrected chi connectivity index (χ1v) is 14.6. The molecule has 0 radical (unpaired) electrons. The van der Waals surface area contributed by atoms with Gasteiger partial charge in [-0.25, -0.2) is 9.59 Å². The maximum atomic E-state index is 13.1. The summed E-state index contributed by atoms with van der Waals surface area (Å²) in [4.78, 5) is 26.7. The molecule has 39 heavy (non-hydrogen) atoms. The van der Waals surface area contributed by atoms with E-state index < -0.39 is 5.97 Å². The molecule has 1 saturated carbocycles. The van der Waals surface area contributed by atoms with Gasteiger partial charge in [0.15, 0.2) is 0 Å². The number of carboxylic acids is 1. The Hall–Kier alpha value is -2.90. The van der Waals surface area contributed by atoms with Gasteiger partial charge >= 0.3 is 12.0 Å². The molecule has 2 amide bonds. The van der Waals surface area contributed by atoms with Crippen molar-refractivity contribution in [3.63, 3.8) is 0 Å². The fourth-order valence-corrected chi connectivity index (χ4v) is 5.23. The first-order valence-electron chi connectivity index (χ1n) is 14.6. The molecule has 0 heterocycles. The zero-order chi connectivity index (χ0) is 28.0. The molecule has 1 fully saturated rings. The second kappa shape index (κ2) is 16.3. The van der Waals surface area contributed by atoms with E-state index in [1.165, 1.54) is 19.3 Å². The number of hydrogen-bond acceptors (Lipinski definition) is 4. The van der Waals surface area contributed by atoms with Gasteiger partial charge in [-0.1, -0.05) is 69.0 Å². The average molecular weight is 539 g/mol. The highest BCUT2D eigenvalue weighted by molar-refractivity contribution is 5.91. The largest absolute Gasteiger partial charge is 0.478 e. The minimum atomic E-state index is -0.919. The van der Waals surface area contributed by atoms with Gasteiger partial charge in [0.1, 0.15) is 0 Å². The Bertz CT molecular complexity index is 1060. The number of ether oxygens (including phenoxy) is 2. The van der Waals surface area contributed by atoms with Crippen LogP contribution in [-0.4, -0.2) is 53.9 Å². The van der Waals surface area contributed by atoms with Crippen molar-refractivity contribution in [3.8, 4) is 0 Å². The number of nitrogens with one attached hydrogen (secondary N) is 1. The van der Waals surface area contributed by atoms with Crippen molar-refractivity contribution in [3.05, 3.63) is 64.7 Å². The minimum Gasteiger partial charge on any atom is -0.478 e. The molecule has 0 saturated heterocycles. The van der Waals surface area contributed by atoms with Gasteiger partial charge in [-0.15, -0.1) is 0 Å². The number of aromatic carboxylic acids is 1. The third-order valence-corrected chi connectivity index (χ3v) is 7.55. The Morgan fingerprint density at radius 3 is 2.38 bits per heavy atom. The van der Waals surface area contributed by atoms with Crippen molar-refractivity contribution in [2.75, 3.05) is 25.0 Å². The molecule has 2 atom stereocenters. The smallest absolute Gasteiger partial charge is 0.336 e. The highest BCUT2D eigenvalue weighted by Crippen LogP contribution is 2.25. The number of anilines is 1. The number of hydrogen-bond donors (Lipinski definition) is 2. The molecular formula is C32H46N2O5. The van der Waals surface area contributed by atoms with Gasteiger partial charge in [-0.3, -0.25) is 0 Å². The molecule has 2 aromatic carbocycles. The summed E-state index contributed by atoms with van der Waals surface area (Å²) < 4.78 is 12.4. The molecule has 7 nitrogen and oxygen atoms in total. The van der Waals surface area contributed by atoms with Gasteiger partial charge in [0.05, 0.1) is 31.0 Å². The van der Waals surface area contributed by atoms with Crippen molar-refractivity contribution >= 4 is 17.7 Å². The Morgan fingerprint density at radius 1 is 0.923 bits per heavy atom. The van der Waals surface area contributed by atoms with Crippen LogP contribution in [0.2, 0.25) is 0 Å². The number of carbonyl (C=O) groups excluding carboxylic acids is 1. The predicted molar refractivity (Wildman–Crippen MR) is 155 cm³/mol. The lowest BCUT2D eigenvalue weighted by molar-refractivity contribution is -0.0523. The van der Waals surface area contributed by atoms with E-state index in [1.54, 1.807) is 0 Å². The lowest BCUT2D eigenvalue weighted by Crippen LogP contribution is -2.39. The normalized spacial score (nSPS) is 17.1. The van der Waals surface area contributed by atoms with Crippen LogP contribution in [0.1, 0.15) is 91.8 Å². The summed E-state index contributed by atoms with van der Waals surface area (Å²) in [6, 6.07) is 13.3. The van der Waals surface area contributed by atoms with Crippen molar-refractivity contribution < 1.29 is 24.2 Å². The van der Waals surface area contributed by atoms with Crippen LogP contribution in [0, 0.1) is 13.8 Å². The highest BCUT2D eigenvalue weighted by atomic mass is 16.5. The molecule has 3 rings (SSSR count). The first-order chi connectivity index (χ1) is 18.9. The Kier molecular flexibility index (Phi) is 12.8. The highest BCUT2D eigenvalue weighted by Gasteiger charge is 2.24. The van der Waals surface area contributed by atoms with Gasteiger partial charge in [0.2, 0.25) is 0 Å². The summed E-state index contributed by atoms with van der Waals surface area (Å²) in [5.41, 5.74) is 3.67. The van der Waals surface area contributed by atoms with Gasteiger partial charge in [0.25, 0.3) is 0 Å². The molecule has 7 heteroatoms. The van der Waals surface area contributed by atoms with Crippen LogP contribution in [0.25, 0.3) is 0 Å². The van der Waals surface area contributed by atoms with Crippen LogP contribution < -0.4 is 5.32 Å². The molecule has 0 bridgehead atoms. The van der Waals surface area contributed by atoms with E-state index in [0.717, 1.165) is 55.3 Å². The van der Waals surface area contributed by atoms with Crippen molar-refractivity contribution in [1.29, 1.82) is 0 Å². The Balaban J connectivity index is 1.49.